The number of phenols is 1. The third-order valence-corrected chi connectivity index (χ3v) is 4.06. The Bertz CT molecular complexity index is 568. The van der Waals surface area contributed by atoms with Crippen LogP contribution in [0.4, 0.5) is 0 Å². The average Bonchev–Trinajstić information content (AvgIpc) is 2.41. The Morgan fingerprint density at radius 3 is 2.47 bits per heavy atom. The number of rotatable bonds is 2. The van der Waals surface area contributed by atoms with Gasteiger partial charge in [0.15, 0.2) is 0 Å². The van der Waals surface area contributed by atoms with E-state index in [1.54, 1.807) is 12.1 Å². The second-order valence-electron chi connectivity index (χ2n) is 5.69. The van der Waals surface area contributed by atoms with Crippen molar-refractivity contribution in [3.8, 4) is 11.5 Å². The summed E-state index contributed by atoms with van der Waals surface area (Å²) in [5.41, 5.74) is 0. The number of benzene rings is 2. The summed E-state index contributed by atoms with van der Waals surface area (Å²) in [5.74, 6) is 2.06. The lowest BCUT2D eigenvalue weighted by molar-refractivity contribution is 0.136. The molecule has 2 heteroatoms. The van der Waals surface area contributed by atoms with E-state index in [9.17, 15) is 5.11 Å². The molecular formula is C17H20O2. The zero-order valence-electron chi connectivity index (χ0n) is 11.3. The van der Waals surface area contributed by atoms with E-state index in [0.717, 1.165) is 35.3 Å². The average molecular weight is 256 g/mol. The summed E-state index contributed by atoms with van der Waals surface area (Å²) in [6, 6.07) is 11.5. The van der Waals surface area contributed by atoms with Crippen molar-refractivity contribution in [1.29, 1.82) is 0 Å². The van der Waals surface area contributed by atoms with E-state index in [1.807, 2.05) is 18.2 Å². The third kappa shape index (κ3) is 2.83. The van der Waals surface area contributed by atoms with Crippen LogP contribution in [-0.4, -0.2) is 11.2 Å². The van der Waals surface area contributed by atoms with Crippen molar-refractivity contribution >= 4 is 10.8 Å². The fraction of sp³-hybridized carbons (Fsp3) is 0.412. The van der Waals surface area contributed by atoms with Crippen molar-refractivity contribution in [2.45, 2.75) is 38.7 Å². The van der Waals surface area contributed by atoms with Gasteiger partial charge in [0.05, 0.1) is 6.10 Å². The first-order valence-corrected chi connectivity index (χ1v) is 7.10. The molecule has 3 rings (SSSR count). The molecule has 1 aliphatic carbocycles. The van der Waals surface area contributed by atoms with Crippen molar-refractivity contribution in [1.82, 2.24) is 0 Å². The van der Waals surface area contributed by atoms with E-state index in [-0.39, 0.29) is 0 Å². The molecule has 0 spiro atoms. The molecule has 2 aromatic rings. The van der Waals surface area contributed by atoms with E-state index in [1.165, 1.54) is 12.8 Å². The minimum atomic E-state index is 0.302. The zero-order valence-corrected chi connectivity index (χ0v) is 11.3. The van der Waals surface area contributed by atoms with Gasteiger partial charge in [-0.2, -0.15) is 0 Å². The maximum Gasteiger partial charge on any atom is 0.120 e. The number of hydrogen-bond acceptors (Lipinski definition) is 2. The summed E-state index contributed by atoms with van der Waals surface area (Å²) in [6.45, 7) is 2.31. The molecule has 0 amide bonds. The Morgan fingerprint density at radius 2 is 1.68 bits per heavy atom. The Labute approximate surface area is 114 Å². The van der Waals surface area contributed by atoms with Crippen LogP contribution >= 0.6 is 0 Å². The molecule has 0 aliphatic heterocycles. The molecule has 0 heterocycles. The van der Waals surface area contributed by atoms with E-state index >= 15 is 0 Å². The minimum absolute atomic E-state index is 0.302. The van der Waals surface area contributed by atoms with Crippen molar-refractivity contribution in [2.75, 3.05) is 0 Å². The predicted molar refractivity (Wildman–Crippen MR) is 77.7 cm³/mol. The monoisotopic (exact) mass is 256 g/mol. The van der Waals surface area contributed by atoms with Crippen LogP contribution in [0.25, 0.3) is 10.8 Å². The zero-order chi connectivity index (χ0) is 13.2. The van der Waals surface area contributed by atoms with Gasteiger partial charge in [-0.1, -0.05) is 19.1 Å². The molecule has 100 valence electrons. The van der Waals surface area contributed by atoms with Crippen molar-refractivity contribution in [3.05, 3.63) is 36.4 Å². The van der Waals surface area contributed by atoms with Crippen LogP contribution in [0.15, 0.2) is 36.4 Å². The second-order valence-corrected chi connectivity index (χ2v) is 5.69. The lowest BCUT2D eigenvalue weighted by atomic mass is 9.89. The van der Waals surface area contributed by atoms with Crippen LogP contribution < -0.4 is 4.74 Å². The first-order valence-electron chi connectivity index (χ1n) is 7.10. The molecule has 1 saturated carbocycles. The molecule has 0 aromatic heterocycles. The predicted octanol–water partition coefficient (Wildman–Crippen LogP) is 4.50. The lowest BCUT2D eigenvalue weighted by Crippen LogP contribution is -2.22. The summed E-state index contributed by atoms with van der Waals surface area (Å²) >= 11 is 0. The molecule has 0 atom stereocenters. The molecule has 1 fully saturated rings. The highest BCUT2D eigenvalue weighted by Gasteiger charge is 2.19. The number of ether oxygens (including phenoxy) is 1. The molecule has 1 aliphatic rings. The molecule has 1 N–H and O–H groups in total. The Hall–Kier alpha value is -1.70. The fourth-order valence-electron chi connectivity index (χ4n) is 2.83. The van der Waals surface area contributed by atoms with Crippen molar-refractivity contribution in [2.24, 2.45) is 5.92 Å². The van der Waals surface area contributed by atoms with Crippen LogP contribution in [0, 0.1) is 5.92 Å². The number of fused-ring (bicyclic) bond motifs is 1. The molecule has 0 bridgehead atoms. The lowest BCUT2D eigenvalue weighted by Gasteiger charge is -2.27. The van der Waals surface area contributed by atoms with Gasteiger partial charge in [0.2, 0.25) is 0 Å². The molecule has 0 unspecified atom stereocenters. The van der Waals surface area contributed by atoms with Crippen molar-refractivity contribution in [3.63, 3.8) is 0 Å². The van der Waals surface area contributed by atoms with Crippen LogP contribution in [0.2, 0.25) is 0 Å². The number of aromatic hydroxyl groups is 1. The molecule has 2 aromatic carbocycles. The van der Waals surface area contributed by atoms with Gasteiger partial charge in [-0.25, -0.2) is 0 Å². The van der Waals surface area contributed by atoms with Gasteiger partial charge in [0.25, 0.3) is 0 Å². The standard InChI is InChI=1S/C17H20O2/c1-12-2-7-16(8-3-12)19-17-9-5-13-4-6-15(18)10-14(13)11-17/h4-6,9-12,16,18H,2-3,7-8H2,1H3. The maximum atomic E-state index is 9.53. The normalized spacial score (nSPS) is 23.4. The third-order valence-electron chi connectivity index (χ3n) is 4.06. The highest BCUT2D eigenvalue weighted by molar-refractivity contribution is 5.85. The van der Waals surface area contributed by atoms with Gasteiger partial charge in [-0.05, 0) is 66.6 Å². The fourth-order valence-corrected chi connectivity index (χ4v) is 2.83. The van der Waals surface area contributed by atoms with Crippen LogP contribution in [-0.2, 0) is 0 Å². The van der Waals surface area contributed by atoms with Gasteiger partial charge >= 0.3 is 0 Å². The Balaban J connectivity index is 1.77. The van der Waals surface area contributed by atoms with E-state index in [4.69, 9.17) is 4.74 Å². The highest BCUT2D eigenvalue weighted by atomic mass is 16.5. The molecule has 0 saturated heterocycles. The smallest absolute Gasteiger partial charge is 0.120 e. The molecule has 19 heavy (non-hydrogen) atoms. The SMILES string of the molecule is CC1CCC(Oc2ccc3ccc(O)cc3c2)CC1. The molecule has 2 nitrogen and oxygen atoms in total. The quantitative estimate of drug-likeness (QED) is 0.857. The molecule has 0 radical (unpaired) electrons. The summed E-state index contributed by atoms with van der Waals surface area (Å²) in [4.78, 5) is 0. The van der Waals surface area contributed by atoms with E-state index in [2.05, 4.69) is 13.0 Å². The number of phenolic OH excluding ortho intramolecular Hbond substituents is 1. The summed E-state index contributed by atoms with van der Waals surface area (Å²) in [7, 11) is 0. The largest absolute Gasteiger partial charge is 0.508 e. The highest BCUT2D eigenvalue weighted by Crippen LogP contribution is 2.29. The molecular weight excluding hydrogens is 236 g/mol. The summed E-state index contributed by atoms with van der Waals surface area (Å²) < 4.78 is 6.07. The number of hydrogen-bond donors (Lipinski definition) is 1. The van der Waals surface area contributed by atoms with Crippen LogP contribution in [0.3, 0.4) is 0 Å². The maximum absolute atomic E-state index is 9.53. The first kappa shape index (κ1) is 12.3. The van der Waals surface area contributed by atoms with Crippen LogP contribution in [0.1, 0.15) is 32.6 Å². The second kappa shape index (κ2) is 5.12. The summed E-state index contributed by atoms with van der Waals surface area (Å²) in [5, 5.41) is 11.7. The Kier molecular flexibility index (Phi) is 3.33. The van der Waals surface area contributed by atoms with Gasteiger partial charge in [0, 0.05) is 0 Å². The van der Waals surface area contributed by atoms with Gasteiger partial charge in [-0.3, -0.25) is 0 Å². The van der Waals surface area contributed by atoms with E-state index in [0.29, 0.717) is 11.9 Å². The van der Waals surface area contributed by atoms with E-state index < -0.39 is 0 Å². The van der Waals surface area contributed by atoms with Crippen molar-refractivity contribution < 1.29 is 9.84 Å². The van der Waals surface area contributed by atoms with Gasteiger partial charge in [-0.15, -0.1) is 0 Å². The minimum Gasteiger partial charge on any atom is -0.508 e. The van der Waals surface area contributed by atoms with Gasteiger partial charge < -0.3 is 9.84 Å². The first-order chi connectivity index (χ1) is 9.20. The summed E-state index contributed by atoms with van der Waals surface area (Å²) in [6.07, 6.45) is 5.18. The van der Waals surface area contributed by atoms with Gasteiger partial charge in [0.1, 0.15) is 11.5 Å². The Morgan fingerprint density at radius 1 is 0.947 bits per heavy atom. The van der Waals surface area contributed by atoms with Crippen LogP contribution in [0.5, 0.6) is 11.5 Å². The topological polar surface area (TPSA) is 29.5 Å².